The van der Waals surface area contributed by atoms with Crippen molar-refractivity contribution in [3.8, 4) is 0 Å². The quantitative estimate of drug-likeness (QED) is 0.659. The molecule has 19 heavy (non-hydrogen) atoms. The molecule has 0 saturated carbocycles. The van der Waals surface area contributed by atoms with Crippen LogP contribution in [0.3, 0.4) is 0 Å². The molecule has 1 heterocycles. The average molecular weight is 253 g/mol. The van der Waals surface area contributed by atoms with Gasteiger partial charge in [-0.05, 0) is 29.7 Å². The molecule has 0 aliphatic carbocycles. The van der Waals surface area contributed by atoms with E-state index in [1.54, 1.807) is 18.2 Å². The second-order valence-electron chi connectivity index (χ2n) is 4.46. The summed E-state index contributed by atoms with van der Waals surface area (Å²) in [5.41, 5.74) is 2.58. The van der Waals surface area contributed by atoms with E-state index in [-0.39, 0.29) is 16.2 Å². The van der Waals surface area contributed by atoms with Gasteiger partial charge in [0.1, 0.15) is 0 Å². The molecule has 3 rings (SSSR count). The van der Waals surface area contributed by atoms with Gasteiger partial charge in [-0.2, -0.15) is 0 Å². The zero-order valence-corrected chi connectivity index (χ0v) is 10.0. The normalized spacial score (nSPS) is 13.8. The van der Waals surface area contributed by atoms with Crippen LogP contribution in [0.1, 0.15) is 31.8 Å². The summed E-state index contributed by atoms with van der Waals surface area (Å²) in [6, 6.07) is 14.9. The summed E-state index contributed by atoms with van der Waals surface area (Å²) in [6.45, 7) is 0. The zero-order chi connectivity index (χ0) is 13.4. The smallest absolute Gasteiger partial charge is 0.278 e. The Hall–Kier alpha value is -2.46. The summed E-state index contributed by atoms with van der Waals surface area (Å²) in [5.74, 6) is -1.32. The largest absolute Gasteiger partial charge is 0.285 e. The van der Waals surface area contributed by atoms with Crippen molar-refractivity contribution in [3.05, 3.63) is 70.8 Å². The molecule has 0 saturated heterocycles. The molecule has 1 aliphatic rings. The van der Waals surface area contributed by atoms with Gasteiger partial charge in [0.25, 0.3) is 11.8 Å². The number of hydroxylamine groups is 2. The maximum absolute atomic E-state index is 11.7. The highest BCUT2D eigenvalue weighted by Crippen LogP contribution is 2.23. The van der Waals surface area contributed by atoms with Gasteiger partial charge in [-0.15, -0.1) is 5.06 Å². The summed E-state index contributed by atoms with van der Waals surface area (Å²) in [4.78, 5) is 23.2. The van der Waals surface area contributed by atoms with Crippen LogP contribution in [0.2, 0.25) is 0 Å². The predicted molar refractivity (Wildman–Crippen MR) is 68.0 cm³/mol. The molecule has 2 aromatic carbocycles. The lowest BCUT2D eigenvalue weighted by Gasteiger charge is -2.03. The molecular weight excluding hydrogens is 242 g/mol. The number of imide groups is 1. The van der Waals surface area contributed by atoms with Gasteiger partial charge < -0.3 is 0 Å². The van der Waals surface area contributed by atoms with Crippen LogP contribution in [0.4, 0.5) is 0 Å². The Morgan fingerprint density at radius 1 is 0.842 bits per heavy atom. The molecule has 0 spiro atoms. The average Bonchev–Trinajstić information content (AvgIpc) is 2.65. The number of fused-ring (bicyclic) bond motifs is 1. The molecule has 0 radical (unpaired) electrons. The standard InChI is InChI=1S/C15H11NO3/c17-14-12-7-6-11(8-10-4-2-1-3-5-10)9-13(12)15(18)16(14)19/h1-7,9,19H,8H2. The molecule has 1 aliphatic heterocycles. The Kier molecular flexibility index (Phi) is 2.65. The molecular formula is C15H11NO3. The Morgan fingerprint density at radius 2 is 1.53 bits per heavy atom. The van der Waals surface area contributed by atoms with Crippen LogP contribution in [0.5, 0.6) is 0 Å². The maximum Gasteiger partial charge on any atom is 0.285 e. The third-order valence-corrected chi connectivity index (χ3v) is 3.18. The number of nitrogens with zero attached hydrogens (tertiary/aromatic N) is 1. The van der Waals surface area contributed by atoms with Gasteiger partial charge in [-0.25, -0.2) is 0 Å². The second-order valence-corrected chi connectivity index (χ2v) is 4.46. The minimum Gasteiger partial charge on any atom is -0.278 e. The highest BCUT2D eigenvalue weighted by atomic mass is 16.5. The van der Waals surface area contributed by atoms with E-state index in [1.807, 2.05) is 30.3 Å². The van der Waals surface area contributed by atoms with Crippen LogP contribution in [0, 0.1) is 0 Å². The van der Waals surface area contributed by atoms with Gasteiger partial charge in [0.05, 0.1) is 11.1 Å². The molecule has 2 amide bonds. The molecule has 0 aromatic heterocycles. The predicted octanol–water partition coefficient (Wildman–Crippen LogP) is 2.26. The number of rotatable bonds is 2. The number of hydrogen-bond acceptors (Lipinski definition) is 3. The van der Waals surface area contributed by atoms with Crippen LogP contribution in [0.25, 0.3) is 0 Å². The molecule has 0 atom stereocenters. The minimum atomic E-state index is -0.661. The lowest BCUT2D eigenvalue weighted by Crippen LogP contribution is -2.25. The number of carbonyl (C=O) groups is 2. The first-order chi connectivity index (χ1) is 9.16. The van der Waals surface area contributed by atoms with Crippen molar-refractivity contribution in [2.24, 2.45) is 0 Å². The molecule has 4 nitrogen and oxygen atoms in total. The molecule has 2 aromatic rings. The van der Waals surface area contributed by atoms with Crippen molar-refractivity contribution in [3.63, 3.8) is 0 Å². The van der Waals surface area contributed by atoms with Crippen molar-refractivity contribution in [2.45, 2.75) is 6.42 Å². The second kappa shape index (κ2) is 4.33. The van der Waals surface area contributed by atoms with Crippen molar-refractivity contribution in [1.29, 1.82) is 0 Å². The van der Waals surface area contributed by atoms with Crippen LogP contribution < -0.4 is 0 Å². The number of amides is 2. The Balaban J connectivity index is 1.95. The number of hydrogen-bond donors (Lipinski definition) is 1. The van der Waals surface area contributed by atoms with Gasteiger partial charge in [0.15, 0.2) is 0 Å². The van der Waals surface area contributed by atoms with Crippen LogP contribution in [0.15, 0.2) is 48.5 Å². The summed E-state index contributed by atoms with van der Waals surface area (Å²) in [7, 11) is 0. The van der Waals surface area contributed by atoms with Crippen molar-refractivity contribution in [2.75, 3.05) is 0 Å². The minimum absolute atomic E-state index is 0.164. The Bertz CT molecular complexity index is 664. The van der Waals surface area contributed by atoms with Crippen molar-refractivity contribution in [1.82, 2.24) is 5.06 Å². The molecule has 0 fully saturated rings. The summed E-state index contributed by atoms with van der Waals surface area (Å²) >= 11 is 0. The van der Waals surface area contributed by atoms with Crippen LogP contribution in [-0.2, 0) is 6.42 Å². The van der Waals surface area contributed by atoms with E-state index in [9.17, 15) is 14.8 Å². The molecule has 0 unspecified atom stereocenters. The molecule has 1 N–H and O–H groups in total. The van der Waals surface area contributed by atoms with Gasteiger partial charge in [-0.3, -0.25) is 14.8 Å². The fourth-order valence-corrected chi connectivity index (χ4v) is 2.22. The van der Waals surface area contributed by atoms with E-state index in [0.717, 1.165) is 11.1 Å². The fraction of sp³-hybridized carbons (Fsp3) is 0.0667. The zero-order valence-electron chi connectivity index (χ0n) is 10.0. The van der Waals surface area contributed by atoms with Gasteiger partial charge in [0, 0.05) is 0 Å². The summed E-state index contributed by atoms with van der Waals surface area (Å²) in [5, 5.41) is 9.47. The van der Waals surface area contributed by atoms with E-state index in [1.165, 1.54) is 0 Å². The highest BCUT2D eigenvalue weighted by molar-refractivity contribution is 6.20. The number of carbonyl (C=O) groups excluding carboxylic acids is 2. The SMILES string of the molecule is O=C1c2ccc(Cc3ccccc3)cc2C(=O)N1O. The third-order valence-electron chi connectivity index (χ3n) is 3.18. The first-order valence-electron chi connectivity index (χ1n) is 5.91. The van der Waals surface area contributed by atoms with Crippen LogP contribution in [-0.4, -0.2) is 22.1 Å². The summed E-state index contributed by atoms with van der Waals surface area (Å²) < 4.78 is 0. The van der Waals surface area contributed by atoms with E-state index in [2.05, 4.69) is 0 Å². The maximum atomic E-state index is 11.7. The van der Waals surface area contributed by atoms with E-state index < -0.39 is 11.8 Å². The van der Waals surface area contributed by atoms with Gasteiger partial charge in [-0.1, -0.05) is 36.4 Å². The van der Waals surface area contributed by atoms with Gasteiger partial charge >= 0.3 is 0 Å². The highest BCUT2D eigenvalue weighted by Gasteiger charge is 2.34. The van der Waals surface area contributed by atoms with E-state index in [4.69, 9.17) is 0 Å². The topological polar surface area (TPSA) is 57.6 Å². The number of benzene rings is 2. The fourth-order valence-electron chi connectivity index (χ4n) is 2.22. The first-order valence-corrected chi connectivity index (χ1v) is 5.91. The van der Waals surface area contributed by atoms with Crippen molar-refractivity contribution < 1.29 is 14.8 Å². The molecule has 94 valence electrons. The first kappa shape index (κ1) is 11.6. The monoisotopic (exact) mass is 253 g/mol. The third kappa shape index (κ3) is 1.92. The summed E-state index contributed by atoms with van der Waals surface area (Å²) in [6.07, 6.45) is 0.682. The van der Waals surface area contributed by atoms with Crippen LogP contribution >= 0.6 is 0 Å². The lowest BCUT2D eigenvalue weighted by atomic mass is 10.0. The molecule has 4 heteroatoms. The molecule has 0 bridgehead atoms. The lowest BCUT2D eigenvalue weighted by molar-refractivity contribution is -0.0327. The Morgan fingerprint density at radius 3 is 2.26 bits per heavy atom. The van der Waals surface area contributed by atoms with Crippen molar-refractivity contribution >= 4 is 11.8 Å². The van der Waals surface area contributed by atoms with E-state index >= 15 is 0 Å². The Labute approximate surface area is 109 Å². The van der Waals surface area contributed by atoms with E-state index in [0.29, 0.717) is 6.42 Å². The van der Waals surface area contributed by atoms with Gasteiger partial charge in [0.2, 0.25) is 0 Å².